The highest BCUT2D eigenvalue weighted by molar-refractivity contribution is 6.05. The van der Waals surface area contributed by atoms with Gasteiger partial charge >= 0.3 is 0 Å². The summed E-state index contributed by atoms with van der Waals surface area (Å²) in [4.78, 5) is 47.4. The van der Waals surface area contributed by atoms with E-state index in [-0.39, 0.29) is 29.9 Å². The number of nitrogens with zero attached hydrogens (tertiary/aromatic N) is 5. The molecule has 1 N–H and O–H groups in total. The fourth-order valence-electron chi connectivity index (χ4n) is 7.84. The maximum Gasteiger partial charge on any atom is 0.258 e. The molecule has 3 fully saturated rings. The van der Waals surface area contributed by atoms with Crippen LogP contribution in [0.5, 0.6) is 0 Å². The molecule has 2 saturated heterocycles. The number of nitrogens with one attached hydrogen (secondary N) is 1. The number of rotatable bonds is 11. The zero-order valence-corrected chi connectivity index (χ0v) is 29.8. The molecule has 11 heteroatoms. The van der Waals surface area contributed by atoms with Gasteiger partial charge in [0.05, 0.1) is 11.8 Å². The van der Waals surface area contributed by atoms with Crippen LogP contribution in [0.4, 0.5) is 17.1 Å². The number of imide groups is 1. The summed E-state index contributed by atoms with van der Waals surface area (Å²) in [6.45, 7) is 16.9. The Morgan fingerprint density at radius 1 is 1.04 bits per heavy atom. The lowest BCUT2D eigenvalue weighted by molar-refractivity contribution is -0.136. The van der Waals surface area contributed by atoms with Crippen molar-refractivity contribution in [2.24, 2.45) is 0 Å². The molecule has 1 aliphatic carbocycles. The number of piperidine rings is 1. The molecule has 3 aliphatic heterocycles. The van der Waals surface area contributed by atoms with Gasteiger partial charge in [0.2, 0.25) is 11.8 Å². The third-order valence-corrected chi connectivity index (χ3v) is 11.1. The maximum absolute atomic E-state index is 13.3. The van der Waals surface area contributed by atoms with Crippen molar-refractivity contribution in [3.8, 4) is 11.1 Å². The third-order valence-electron chi connectivity index (χ3n) is 11.1. The highest BCUT2D eigenvalue weighted by Gasteiger charge is 2.52. The number of carbonyl (C=O) groups is 3. The molecular weight excluding hydrogens is 656 g/mol. The number of amides is 3. The Bertz CT molecular complexity index is 2090. The van der Waals surface area contributed by atoms with Crippen molar-refractivity contribution in [1.82, 2.24) is 15.4 Å². The van der Waals surface area contributed by atoms with Gasteiger partial charge in [0, 0.05) is 85.8 Å². The molecule has 52 heavy (non-hydrogen) atoms. The van der Waals surface area contributed by atoms with E-state index in [9.17, 15) is 14.4 Å². The Hall–Kier alpha value is -5.47. The van der Waals surface area contributed by atoms with Crippen LogP contribution in [0, 0.1) is 27.3 Å². The first kappa shape index (κ1) is 33.7. The molecule has 0 spiro atoms. The average Bonchev–Trinajstić information content (AvgIpc) is 3.77. The maximum atomic E-state index is 13.3. The van der Waals surface area contributed by atoms with Crippen LogP contribution in [0.1, 0.15) is 70.6 Å². The van der Waals surface area contributed by atoms with Gasteiger partial charge < -0.3 is 28.8 Å². The minimum atomic E-state index is -0.618. The summed E-state index contributed by atoms with van der Waals surface area (Å²) in [6, 6.07) is 20.3. The van der Waals surface area contributed by atoms with E-state index in [1.807, 2.05) is 32.0 Å². The topological polar surface area (TPSA) is 113 Å². The number of carbonyl (C=O) groups excluding carboxylic acids is 3. The molecule has 11 nitrogen and oxygen atoms in total. The van der Waals surface area contributed by atoms with E-state index in [1.54, 1.807) is 4.90 Å². The number of ether oxygens (including phenoxy) is 1. The van der Waals surface area contributed by atoms with Crippen LogP contribution in [-0.4, -0.2) is 66.2 Å². The minimum Gasteiger partial charge on any atom is -0.374 e. The van der Waals surface area contributed by atoms with Gasteiger partial charge in [-0.1, -0.05) is 23.4 Å². The van der Waals surface area contributed by atoms with E-state index in [1.165, 1.54) is 0 Å². The number of anilines is 3. The number of aromatic nitrogens is 1. The smallest absolute Gasteiger partial charge is 0.258 e. The van der Waals surface area contributed by atoms with Gasteiger partial charge in [0.15, 0.2) is 0 Å². The summed E-state index contributed by atoms with van der Waals surface area (Å²) in [7, 11) is 0. The first-order chi connectivity index (χ1) is 25.1. The van der Waals surface area contributed by atoms with Crippen LogP contribution in [0.25, 0.3) is 16.0 Å². The van der Waals surface area contributed by atoms with E-state index < -0.39 is 11.9 Å². The molecule has 4 heterocycles. The summed E-state index contributed by atoms with van der Waals surface area (Å²) >= 11 is 0. The fraction of sp³-hybridized carbons (Fsp3) is 0.390. The van der Waals surface area contributed by atoms with Crippen molar-refractivity contribution in [3.63, 3.8) is 0 Å². The molecule has 1 aromatic heterocycles. The van der Waals surface area contributed by atoms with Crippen LogP contribution in [0.15, 0.2) is 65.2 Å². The highest BCUT2D eigenvalue weighted by atomic mass is 16.5. The fourth-order valence-corrected chi connectivity index (χ4v) is 7.84. The SMILES string of the molecule is [C-]#[N+]C1(c2ccc(N(CCCOC3CN(c4ccc5c(c4)C(=O)N(C4CCC(=O)NC4=O)C5)C3)c3cc(-c4c(C)noc4C)ccc3C)cc2)CC1. The van der Waals surface area contributed by atoms with Crippen molar-refractivity contribution >= 4 is 34.8 Å². The van der Waals surface area contributed by atoms with E-state index >= 15 is 0 Å². The number of aryl methyl sites for hydroxylation is 3. The van der Waals surface area contributed by atoms with Gasteiger partial charge in [-0.2, -0.15) is 0 Å². The second kappa shape index (κ2) is 13.3. The Morgan fingerprint density at radius 3 is 2.52 bits per heavy atom. The van der Waals surface area contributed by atoms with Gasteiger partial charge in [0.1, 0.15) is 11.8 Å². The Kier molecular flexibility index (Phi) is 8.58. The summed E-state index contributed by atoms with van der Waals surface area (Å²) in [5.41, 5.74) is 9.49. The Morgan fingerprint density at radius 2 is 1.83 bits per heavy atom. The zero-order valence-electron chi connectivity index (χ0n) is 29.8. The molecule has 266 valence electrons. The van der Waals surface area contributed by atoms with Gasteiger partial charge in [0.25, 0.3) is 11.4 Å². The number of fused-ring (bicyclic) bond motifs is 1. The summed E-state index contributed by atoms with van der Waals surface area (Å²) < 4.78 is 11.8. The van der Waals surface area contributed by atoms with Crippen molar-refractivity contribution in [1.29, 1.82) is 0 Å². The van der Waals surface area contributed by atoms with Gasteiger partial charge in [-0.3, -0.25) is 19.7 Å². The van der Waals surface area contributed by atoms with E-state index in [0.717, 1.165) is 95.2 Å². The lowest BCUT2D eigenvalue weighted by Gasteiger charge is -2.41. The van der Waals surface area contributed by atoms with Crippen LogP contribution in [-0.2, 0) is 26.4 Å². The summed E-state index contributed by atoms with van der Waals surface area (Å²) in [6.07, 6.45) is 3.32. The lowest BCUT2D eigenvalue weighted by Crippen LogP contribution is -2.52. The van der Waals surface area contributed by atoms with Crippen molar-refractivity contribution in [2.75, 3.05) is 36.0 Å². The summed E-state index contributed by atoms with van der Waals surface area (Å²) in [5.74, 6) is -0.0563. The molecule has 4 aliphatic rings. The standard InChI is InChI=1S/C41H42N6O5/c1-25-6-7-28(38-26(2)44-52-27(38)3)20-36(25)46(31-12-9-30(10-13-31)41(42-4)16-17-41)18-5-19-51-33-23-45(24-33)32-11-8-29-22-47(40(50)34(29)21-32)35-14-15-37(48)43-39(35)49/h6-13,20-21,33,35H,5,14-19,22-24H2,1-3H3,(H,43,48,49). The second-order valence-corrected chi connectivity index (χ2v) is 14.5. The monoisotopic (exact) mass is 698 g/mol. The molecule has 1 saturated carbocycles. The minimum absolute atomic E-state index is 0.0876. The Labute approximate surface area is 303 Å². The molecule has 4 aromatic rings. The molecule has 1 unspecified atom stereocenters. The molecular formula is C41H42N6O5. The third kappa shape index (κ3) is 6.11. The van der Waals surface area contributed by atoms with Crippen molar-refractivity contribution < 1.29 is 23.6 Å². The molecule has 8 rings (SSSR count). The molecule has 0 bridgehead atoms. The first-order valence-corrected chi connectivity index (χ1v) is 18.1. The number of hydrogen-bond donors (Lipinski definition) is 1. The lowest BCUT2D eigenvalue weighted by atomic mass is 10.00. The zero-order chi connectivity index (χ0) is 36.1. The Balaban J connectivity index is 0.912. The van der Waals surface area contributed by atoms with E-state index in [2.05, 4.69) is 74.5 Å². The predicted octanol–water partition coefficient (Wildman–Crippen LogP) is 6.37. The first-order valence-electron chi connectivity index (χ1n) is 18.1. The number of benzene rings is 3. The average molecular weight is 699 g/mol. The highest BCUT2D eigenvalue weighted by Crippen LogP contribution is 2.50. The van der Waals surface area contributed by atoms with E-state index in [4.69, 9.17) is 15.8 Å². The van der Waals surface area contributed by atoms with Gasteiger partial charge in [-0.05, 0) is 92.8 Å². The normalized spacial score (nSPS) is 19.3. The van der Waals surface area contributed by atoms with Crippen LogP contribution in [0.2, 0.25) is 0 Å². The largest absolute Gasteiger partial charge is 0.374 e. The molecule has 3 aromatic carbocycles. The van der Waals surface area contributed by atoms with Crippen molar-refractivity contribution in [2.45, 2.75) is 77.1 Å². The van der Waals surface area contributed by atoms with E-state index in [0.29, 0.717) is 25.1 Å². The molecule has 1 atom stereocenters. The molecule has 0 radical (unpaired) electrons. The van der Waals surface area contributed by atoms with Gasteiger partial charge in [-0.15, -0.1) is 0 Å². The summed E-state index contributed by atoms with van der Waals surface area (Å²) in [5, 5.41) is 6.54. The molecule has 3 amide bonds. The van der Waals surface area contributed by atoms with Crippen molar-refractivity contribution in [3.05, 3.63) is 106 Å². The van der Waals surface area contributed by atoms with Crippen LogP contribution < -0.4 is 15.1 Å². The van der Waals surface area contributed by atoms with Gasteiger partial charge in [-0.25, -0.2) is 6.57 Å². The predicted molar refractivity (Wildman–Crippen MR) is 196 cm³/mol. The quantitative estimate of drug-likeness (QED) is 0.109. The number of hydrogen-bond acceptors (Lipinski definition) is 8. The van der Waals surface area contributed by atoms with Crippen LogP contribution >= 0.6 is 0 Å². The van der Waals surface area contributed by atoms with Crippen LogP contribution in [0.3, 0.4) is 0 Å². The second-order valence-electron chi connectivity index (χ2n) is 14.5.